The van der Waals surface area contributed by atoms with Crippen LogP contribution in [0.1, 0.15) is 23.9 Å². The lowest BCUT2D eigenvalue weighted by Gasteiger charge is -2.11. The maximum Gasteiger partial charge on any atom is 0.234 e. The molecule has 0 aliphatic carbocycles. The van der Waals surface area contributed by atoms with Crippen LogP contribution in [-0.2, 0) is 11.2 Å². The van der Waals surface area contributed by atoms with Crippen molar-refractivity contribution < 1.29 is 9.47 Å². The number of rotatable bonds is 6. The fraction of sp³-hybridized carbons (Fsp3) is 0.357. The zero-order chi connectivity index (χ0) is 14.7. The predicted octanol–water partition coefficient (Wildman–Crippen LogP) is 2.51. The van der Waals surface area contributed by atoms with E-state index in [0.717, 1.165) is 21.5 Å². The van der Waals surface area contributed by atoms with Crippen LogP contribution in [0.15, 0.2) is 30.3 Å². The largest absolute Gasteiger partial charge is 0.483 e. The number of aromatic nitrogens is 4. The third-order valence-corrected chi connectivity index (χ3v) is 4.06. The monoisotopic (exact) mass is 304 g/mol. The summed E-state index contributed by atoms with van der Waals surface area (Å²) < 4.78 is 12.7. The molecular weight excluding hydrogens is 288 g/mol. The Morgan fingerprint density at radius 2 is 2.05 bits per heavy atom. The Labute approximate surface area is 126 Å². The van der Waals surface area contributed by atoms with Crippen molar-refractivity contribution in [3.63, 3.8) is 0 Å². The minimum absolute atomic E-state index is 0.130. The third-order valence-electron chi connectivity index (χ3n) is 3.00. The number of hydrogen-bond acceptors (Lipinski definition) is 6. The summed E-state index contributed by atoms with van der Waals surface area (Å²) in [5, 5.41) is 13.7. The maximum absolute atomic E-state index is 5.88. The van der Waals surface area contributed by atoms with Gasteiger partial charge in [-0.3, -0.25) is 0 Å². The molecule has 0 amide bonds. The standard InChI is InChI=1S/C14H16N4O2S/c1-10(20-11-6-4-3-5-7-11)13-17-18-12(8-9-19-2)15-16-14(18)21-13/h3-7,10H,8-9H2,1-2H3/t10-/m1/s1. The first-order valence-electron chi connectivity index (χ1n) is 6.69. The molecule has 1 aromatic carbocycles. The Balaban J connectivity index is 1.79. The van der Waals surface area contributed by atoms with Crippen LogP contribution in [0.4, 0.5) is 0 Å². The summed E-state index contributed by atoms with van der Waals surface area (Å²) >= 11 is 1.49. The molecule has 1 atom stereocenters. The Bertz CT molecular complexity index is 710. The van der Waals surface area contributed by atoms with E-state index in [1.807, 2.05) is 37.3 Å². The topological polar surface area (TPSA) is 61.5 Å². The lowest BCUT2D eigenvalue weighted by atomic mass is 10.3. The SMILES string of the molecule is COCCc1nnc2sc([C@@H](C)Oc3ccccc3)nn12. The second-order valence-corrected chi connectivity index (χ2v) is 5.55. The molecule has 21 heavy (non-hydrogen) atoms. The lowest BCUT2D eigenvalue weighted by molar-refractivity contribution is 0.200. The molecule has 3 rings (SSSR count). The maximum atomic E-state index is 5.88. The summed E-state index contributed by atoms with van der Waals surface area (Å²) in [5.74, 6) is 1.64. The molecule has 0 saturated heterocycles. The van der Waals surface area contributed by atoms with Crippen LogP contribution in [0.25, 0.3) is 4.96 Å². The van der Waals surface area contributed by atoms with Gasteiger partial charge in [0, 0.05) is 13.5 Å². The molecule has 6 nitrogen and oxygen atoms in total. The zero-order valence-electron chi connectivity index (χ0n) is 11.9. The smallest absolute Gasteiger partial charge is 0.234 e. The minimum atomic E-state index is -0.130. The van der Waals surface area contributed by atoms with Crippen LogP contribution < -0.4 is 4.74 Å². The van der Waals surface area contributed by atoms with Crippen molar-refractivity contribution in [3.8, 4) is 5.75 Å². The fourth-order valence-corrected chi connectivity index (χ4v) is 2.78. The summed E-state index contributed by atoms with van der Waals surface area (Å²) in [5.41, 5.74) is 0. The van der Waals surface area contributed by atoms with Crippen LogP contribution in [-0.4, -0.2) is 33.5 Å². The van der Waals surface area contributed by atoms with E-state index in [2.05, 4.69) is 15.3 Å². The van der Waals surface area contributed by atoms with Crippen molar-refractivity contribution >= 4 is 16.3 Å². The second kappa shape index (κ2) is 6.19. The molecule has 0 spiro atoms. The van der Waals surface area contributed by atoms with E-state index in [9.17, 15) is 0 Å². The van der Waals surface area contributed by atoms with Gasteiger partial charge >= 0.3 is 0 Å². The molecule has 0 bridgehead atoms. The van der Waals surface area contributed by atoms with Gasteiger partial charge in [-0.1, -0.05) is 29.5 Å². The molecule has 0 unspecified atom stereocenters. The van der Waals surface area contributed by atoms with E-state index in [1.165, 1.54) is 11.3 Å². The zero-order valence-corrected chi connectivity index (χ0v) is 12.7. The highest BCUT2D eigenvalue weighted by molar-refractivity contribution is 7.16. The Morgan fingerprint density at radius 3 is 2.81 bits per heavy atom. The van der Waals surface area contributed by atoms with E-state index in [1.54, 1.807) is 11.6 Å². The number of benzene rings is 1. The number of methoxy groups -OCH3 is 1. The first-order valence-corrected chi connectivity index (χ1v) is 7.51. The van der Waals surface area contributed by atoms with Crippen LogP contribution in [0.3, 0.4) is 0 Å². The molecule has 0 radical (unpaired) electrons. The molecule has 0 aliphatic rings. The average Bonchev–Trinajstić information content (AvgIpc) is 3.07. The number of para-hydroxylation sites is 1. The molecule has 7 heteroatoms. The highest BCUT2D eigenvalue weighted by Gasteiger charge is 2.17. The van der Waals surface area contributed by atoms with E-state index in [-0.39, 0.29) is 6.10 Å². The van der Waals surface area contributed by atoms with Gasteiger partial charge in [-0.25, -0.2) is 0 Å². The average molecular weight is 304 g/mol. The second-order valence-electron chi connectivity index (χ2n) is 4.57. The Kier molecular flexibility index (Phi) is 4.12. The minimum Gasteiger partial charge on any atom is -0.483 e. The predicted molar refractivity (Wildman–Crippen MR) is 79.7 cm³/mol. The molecule has 2 aromatic heterocycles. The molecule has 110 valence electrons. The summed E-state index contributed by atoms with van der Waals surface area (Å²) in [7, 11) is 1.67. The van der Waals surface area contributed by atoms with Crippen molar-refractivity contribution in [1.29, 1.82) is 0 Å². The van der Waals surface area contributed by atoms with Gasteiger partial charge in [0.05, 0.1) is 6.61 Å². The normalized spacial score (nSPS) is 12.7. The lowest BCUT2D eigenvalue weighted by Crippen LogP contribution is -2.05. The molecule has 0 aliphatic heterocycles. The summed E-state index contributed by atoms with van der Waals surface area (Å²) in [6.45, 7) is 2.58. The van der Waals surface area contributed by atoms with Crippen LogP contribution in [0.5, 0.6) is 5.75 Å². The first-order chi connectivity index (χ1) is 10.3. The summed E-state index contributed by atoms with van der Waals surface area (Å²) in [4.78, 5) is 0.777. The van der Waals surface area contributed by atoms with Crippen molar-refractivity contribution in [1.82, 2.24) is 19.8 Å². The summed E-state index contributed by atoms with van der Waals surface area (Å²) in [6, 6.07) is 9.72. The van der Waals surface area contributed by atoms with Gasteiger partial charge in [-0.05, 0) is 19.1 Å². The highest BCUT2D eigenvalue weighted by Crippen LogP contribution is 2.25. The van der Waals surface area contributed by atoms with E-state index < -0.39 is 0 Å². The number of fused-ring (bicyclic) bond motifs is 1. The quantitative estimate of drug-likeness (QED) is 0.700. The number of nitrogens with zero attached hydrogens (tertiary/aromatic N) is 4. The van der Waals surface area contributed by atoms with Crippen LogP contribution >= 0.6 is 11.3 Å². The van der Waals surface area contributed by atoms with Crippen molar-refractivity contribution in [3.05, 3.63) is 41.2 Å². The molecule has 3 aromatic rings. The number of ether oxygens (including phenoxy) is 2. The summed E-state index contributed by atoms with van der Waals surface area (Å²) in [6.07, 6.45) is 0.559. The van der Waals surface area contributed by atoms with Gasteiger partial charge in [0.1, 0.15) is 11.9 Å². The molecule has 0 N–H and O–H groups in total. The fourth-order valence-electron chi connectivity index (χ4n) is 1.94. The Morgan fingerprint density at radius 1 is 1.24 bits per heavy atom. The van der Waals surface area contributed by atoms with Crippen molar-refractivity contribution in [2.24, 2.45) is 0 Å². The Hall–Kier alpha value is -1.99. The van der Waals surface area contributed by atoms with Crippen molar-refractivity contribution in [2.45, 2.75) is 19.4 Å². The van der Waals surface area contributed by atoms with Gasteiger partial charge in [0.2, 0.25) is 4.96 Å². The van der Waals surface area contributed by atoms with E-state index >= 15 is 0 Å². The molecule has 0 saturated carbocycles. The van der Waals surface area contributed by atoms with Gasteiger partial charge < -0.3 is 9.47 Å². The van der Waals surface area contributed by atoms with Gasteiger partial charge in [0.15, 0.2) is 10.8 Å². The first kappa shape index (κ1) is 14.0. The highest BCUT2D eigenvalue weighted by atomic mass is 32.1. The third kappa shape index (κ3) is 3.03. The van der Waals surface area contributed by atoms with Gasteiger partial charge in [-0.15, -0.1) is 10.2 Å². The molecule has 0 fully saturated rings. The van der Waals surface area contributed by atoms with Gasteiger partial charge in [0.25, 0.3) is 0 Å². The van der Waals surface area contributed by atoms with Crippen LogP contribution in [0.2, 0.25) is 0 Å². The number of hydrogen-bond donors (Lipinski definition) is 0. The van der Waals surface area contributed by atoms with E-state index in [4.69, 9.17) is 9.47 Å². The van der Waals surface area contributed by atoms with E-state index in [0.29, 0.717) is 13.0 Å². The molecular formula is C14H16N4O2S. The van der Waals surface area contributed by atoms with Gasteiger partial charge in [-0.2, -0.15) is 9.61 Å². The van der Waals surface area contributed by atoms with Crippen molar-refractivity contribution in [2.75, 3.05) is 13.7 Å². The molecule has 2 heterocycles. The van der Waals surface area contributed by atoms with Crippen LogP contribution in [0, 0.1) is 0 Å².